The second kappa shape index (κ2) is 65.3. The number of esters is 3. The lowest BCUT2D eigenvalue weighted by atomic mass is 10.1. The van der Waals surface area contributed by atoms with Crippen molar-refractivity contribution in [3.63, 3.8) is 0 Å². The van der Waals surface area contributed by atoms with Crippen LogP contribution in [-0.2, 0) is 28.6 Å². The van der Waals surface area contributed by atoms with Crippen LogP contribution in [0.2, 0.25) is 0 Å². The van der Waals surface area contributed by atoms with Crippen LogP contribution < -0.4 is 0 Å². The summed E-state index contributed by atoms with van der Waals surface area (Å²) in [6.45, 7) is 6.27. The molecule has 0 rings (SSSR count). The third kappa shape index (κ3) is 63.5. The van der Waals surface area contributed by atoms with E-state index in [2.05, 4.69) is 191 Å². The minimum atomic E-state index is -0.809. The average molecular weight is 1090 g/mol. The molecule has 0 saturated carbocycles. The molecule has 79 heavy (non-hydrogen) atoms. The molecule has 0 radical (unpaired) electrons. The SMILES string of the molecule is CC/C=C\C/C=C\C/C=C\C/C=C\C/C=C\C/C=C\C/C=C\C/C=C\CCCCC(=O)OC(COC(=O)CCCCCCC)COC(=O)CCCCCCCCCCCC/C=C\C/C=C\C/C=C\C/C=C\C/C=C\C/C=C\CC. The van der Waals surface area contributed by atoms with E-state index in [0.717, 1.165) is 161 Å². The number of hydrogen-bond donors (Lipinski definition) is 0. The molecular formula is C73H114O6. The van der Waals surface area contributed by atoms with Gasteiger partial charge in [0.15, 0.2) is 6.10 Å². The van der Waals surface area contributed by atoms with Gasteiger partial charge >= 0.3 is 17.9 Å². The first kappa shape index (κ1) is 73.8. The van der Waals surface area contributed by atoms with Gasteiger partial charge in [0.1, 0.15) is 13.2 Å². The minimum absolute atomic E-state index is 0.105. The molecule has 0 fully saturated rings. The molecular weight excluding hydrogens is 973 g/mol. The van der Waals surface area contributed by atoms with E-state index in [0.29, 0.717) is 19.3 Å². The van der Waals surface area contributed by atoms with E-state index in [4.69, 9.17) is 14.2 Å². The number of allylic oxidation sites excluding steroid dienone is 28. The van der Waals surface area contributed by atoms with E-state index in [1.54, 1.807) is 0 Å². The van der Waals surface area contributed by atoms with Crippen LogP contribution in [-0.4, -0.2) is 37.2 Å². The van der Waals surface area contributed by atoms with Crippen molar-refractivity contribution in [1.82, 2.24) is 0 Å². The summed E-state index contributed by atoms with van der Waals surface area (Å²) in [6.07, 6.45) is 96.9. The Morgan fingerprint density at radius 1 is 0.266 bits per heavy atom. The number of rotatable bonds is 55. The van der Waals surface area contributed by atoms with E-state index >= 15 is 0 Å². The van der Waals surface area contributed by atoms with Gasteiger partial charge in [0.25, 0.3) is 0 Å². The Morgan fingerprint density at radius 2 is 0.494 bits per heavy atom. The predicted molar refractivity (Wildman–Crippen MR) is 343 cm³/mol. The quantitative estimate of drug-likeness (QED) is 0.0261. The normalized spacial score (nSPS) is 13.3. The molecule has 0 aliphatic heterocycles. The Bertz CT molecular complexity index is 1820. The van der Waals surface area contributed by atoms with E-state index in [-0.39, 0.29) is 37.5 Å². The van der Waals surface area contributed by atoms with Crippen LogP contribution in [0.4, 0.5) is 0 Å². The first-order valence-corrected chi connectivity index (χ1v) is 31.6. The Hall–Kier alpha value is -5.23. The van der Waals surface area contributed by atoms with Crippen molar-refractivity contribution in [2.75, 3.05) is 13.2 Å². The van der Waals surface area contributed by atoms with Crippen LogP contribution in [0.5, 0.6) is 0 Å². The van der Waals surface area contributed by atoms with Gasteiger partial charge in [0.05, 0.1) is 0 Å². The van der Waals surface area contributed by atoms with Gasteiger partial charge < -0.3 is 14.2 Å². The lowest BCUT2D eigenvalue weighted by molar-refractivity contribution is -0.167. The highest BCUT2D eigenvalue weighted by molar-refractivity contribution is 5.71. The van der Waals surface area contributed by atoms with Gasteiger partial charge in [0, 0.05) is 19.3 Å². The number of ether oxygens (including phenoxy) is 3. The largest absolute Gasteiger partial charge is 0.462 e. The summed E-state index contributed by atoms with van der Waals surface area (Å²) in [5.41, 5.74) is 0. The monoisotopic (exact) mass is 1090 g/mol. The van der Waals surface area contributed by atoms with Crippen LogP contribution in [0, 0.1) is 0 Å². The van der Waals surface area contributed by atoms with Gasteiger partial charge in [0.2, 0.25) is 0 Å². The zero-order valence-corrected chi connectivity index (χ0v) is 50.6. The van der Waals surface area contributed by atoms with Crippen molar-refractivity contribution in [3.8, 4) is 0 Å². The van der Waals surface area contributed by atoms with Crippen molar-refractivity contribution >= 4 is 17.9 Å². The molecule has 442 valence electrons. The molecule has 0 aliphatic rings. The Morgan fingerprint density at radius 3 is 0.797 bits per heavy atom. The van der Waals surface area contributed by atoms with Crippen LogP contribution in [0.15, 0.2) is 170 Å². The van der Waals surface area contributed by atoms with E-state index in [9.17, 15) is 14.4 Å². The molecule has 6 nitrogen and oxygen atoms in total. The zero-order valence-electron chi connectivity index (χ0n) is 50.6. The van der Waals surface area contributed by atoms with Gasteiger partial charge in [-0.15, -0.1) is 0 Å². The predicted octanol–water partition coefficient (Wildman–Crippen LogP) is 21.9. The third-order valence-corrected chi connectivity index (χ3v) is 12.7. The van der Waals surface area contributed by atoms with Gasteiger partial charge in [-0.3, -0.25) is 14.4 Å². The van der Waals surface area contributed by atoms with E-state index in [1.165, 1.54) is 44.9 Å². The maximum Gasteiger partial charge on any atom is 0.306 e. The molecule has 0 spiro atoms. The van der Waals surface area contributed by atoms with Crippen LogP contribution in [0.1, 0.15) is 252 Å². The van der Waals surface area contributed by atoms with Crippen LogP contribution in [0.25, 0.3) is 0 Å². The molecule has 0 amide bonds. The maximum atomic E-state index is 12.8. The Balaban J connectivity index is 4.19. The van der Waals surface area contributed by atoms with Crippen molar-refractivity contribution in [3.05, 3.63) is 170 Å². The Kier molecular flexibility index (Phi) is 61.0. The molecule has 0 aromatic heterocycles. The first-order valence-electron chi connectivity index (χ1n) is 31.6. The lowest BCUT2D eigenvalue weighted by Gasteiger charge is -2.18. The van der Waals surface area contributed by atoms with Gasteiger partial charge in [-0.05, 0) is 135 Å². The van der Waals surface area contributed by atoms with Crippen molar-refractivity contribution in [2.24, 2.45) is 0 Å². The molecule has 0 bridgehead atoms. The number of carbonyl (C=O) groups excluding carboxylic acids is 3. The highest BCUT2D eigenvalue weighted by atomic mass is 16.6. The lowest BCUT2D eigenvalue weighted by Crippen LogP contribution is -2.30. The number of unbranched alkanes of at least 4 members (excludes halogenated alkanes) is 16. The summed E-state index contributed by atoms with van der Waals surface area (Å²) < 4.78 is 16.7. The minimum Gasteiger partial charge on any atom is -0.462 e. The second-order valence-corrected chi connectivity index (χ2v) is 20.2. The van der Waals surface area contributed by atoms with Gasteiger partial charge in [-0.1, -0.05) is 268 Å². The molecule has 0 N–H and O–H groups in total. The number of carbonyl (C=O) groups is 3. The van der Waals surface area contributed by atoms with Crippen LogP contribution in [0.3, 0.4) is 0 Å². The van der Waals surface area contributed by atoms with E-state index in [1.807, 2.05) is 0 Å². The van der Waals surface area contributed by atoms with Gasteiger partial charge in [-0.2, -0.15) is 0 Å². The highest BCUT2D eigenvalue weighted by Crippen LogP contribution is 2.14. The topological polar surface area (TPSA) is 78.9 Å². The average Bonchev–Trinajstić information content (AvgIpc) is 3.45. The molecule has 0 aliphatic carbocycles. The molecule has 0 aromatic carbocycles. The smallest absolute Gasteiger partial charge is 0.306 e. The summed E-state index contributed by atoms with van der Waals surface area (Å²) in [7, 11) is 0. The zero-order chi connectivity index (χ0) is 57.1. The molecule has 0 heterocycles. The first-order chi connectivity index (χ1) is 39.0. The Labute approximate surface area is 485 Å². The summed E-state index contributed by atoms with van der Waals surface area (Å²) in [6, 6.07) is 0. The second-order valence-electron chi connectivity index (χ2n) is 20.2. The van der Waals surface area contributed by atoms with Crippen molar-refractivity contribution in [1.29, 1.82) is 0 Å². The molecule has 1 unspecified atom stereocenters. The molecule has 1 atom stereocenters. The fourth-order valence-corrected chi connectivity index (χ4v) is 8.05. The van der Waals surface area contributed by atoms with Crippen molar-refractivity contribution < 1.29 is 28.6 Å². The number of hydrogen-bond acceptors (Lipinski definition) is 6. The van der Waals surface area contributed by atoms with E-state index < -0.39 is 6.10 Å². The third-order valence-electron chi connectivity index (χ3n) is 12.7. The highest BCUT2D eigenvalue weighted by Gasteiger charge is 2.19. The summed E-state index contributed by atoms with van der Waals surface area (Å²) in [4.78, 5) is 37.9. The molecule has 0 saturated heterocycles. The summed E-state index contributed by atoms with van der Waals surface area (Å²) in [5, 5.41) is 0. The van der Waals surface area contributed by atoms with Gasteiger partial charge in [-0.25, -0.2) is 0 Å². The standard InChI is InChI=1S/C73H114O6/c1-4-7-10-13-15-17-19-21-23-25-27-29-31-33-35-36-38-39-41-43-45-47-49-51-53-55-57-60-63-66-72(75)78-69-70(68-77-71(74)65-62-59-12-9-6-3)79-73(76)67-64-61-58-56-54-52-50-48-46-44-42-40-37-34-32-30-28-26-24-22-20-18-16-14-11-8-5-2/h7-8,10-11,15-18,21-24,27-30,33-35,37-39,42,44,48,50,54,56,70H,4-6,9,12-14,19-20,25-26,31-32,36,40-41,43,45-47,49,51-53,55,57-69H2,1-3H3/b10-7-,11-8-,17-15-,18-16-,23-21-,24-22-,29-27-,30-28-,35-33-,37-34-,39-38-,44-42-,50-48-,56-54-. The summed E-state index contributed by atoms with van der Waals surface area (Å²) in [5.74, 6) is -0.974. The summed E-state index contributed by atoms with van der Waals surface area (Å²) >= 11 is 0. The van der Waals surface area contributed by atoms with Crippen LogP contribution >= 0.6 is 0 Å². The fourth-order valence-electron chi connectivity index (χ4n) is 8.05. The maximum absolute atomic E-state index is 12.8. The molecule has 0 aromatic rings. The molecule has 6 heteroatoms. The fraction of sp³-hybridized carbons (Fsp3) is 0.575. The van der Waals surface area contributed by atoms with Crippen molar-refractivity contribution in [2.45, 2.75) is 258 Å².